The summed E-state index contributed by atoms with van der Waals surface area (Å²) in [4.78, 5) is 10.4. The standard InChI is InChI=1S/C9H11NO.FH/c10-9(11)7-6-8-4-2-1-3-5-8;/h1-5H,6-7H2,(H2,10,11);1H. The summed E-state index contributed by atoms with van der Waals surface area (Å²) in [7, 11) is 0. The second kappa shape index (κ2) is 5.29. The van der Waals surface area contributed by atoms with Crippen LogP contribution >= 0.6 is 0 Å². The summed E-state index contributed by atoms with van der Waals surface area (Å²) in [5.74, 6) is -0.242. The Kier molecular flexibility index (Phi) is 4.69. The Bertz CT molecular complexity index is 236. The van der Waals surface area contributed by atoms with Crippen molar-refractivity contribution in [2.45, 2.75) is 12.8 Å². The van der Waals surface area contributed by atoms with Gasteiger partial charge in [0.2, 0.25) is 5.91 Å². The second-order valence-electron chi connectivity index (χ2n) is 2.45. The lowest BCUT2D eigenvalue weighted by Gasteiger charge is -1.96. The summed E-state index contributed by atoms with van der Waals surface area (Å²) < 4.78 is 0. The molecule has 0 aliphatic carbocycles. The average molecular weight is 169 g/mol. The van der Waals surface area contributed by atoms with E-state index in [2.05, 4.69) is 0 Å². The van der Waals surface area contributed by atoms with Crippen molar-refractivity contribution in [2.24, 2.45) is 5.73 Å². The van der Waals surface area contributed by atoms with Crippen LogP contribution in [0.2, 0.25) is 0 Å². The molecule has 0 atom stereocenters. The van der Waals surface area contributed by atoms with Crippen LogP contribution in [0, 0.1) is 0 Å². The SMILES string of the molecule is F.NC(=O)CCc1ccccc1. The van der Waals surface area contributed by atoms with Crippen LogP contribution in [0.25, 0.3) is 0 Å². The van der Waals surface area contributed by atoms with Gasteiger partial charge in [0.1, 0.15) is 0 Å². The van der Waals surface area contributed by atoms with Gasteiger partial charge in [0.05, 0.1) is 0 Å². The summed E-state index contributed by atoms with van der Waals surface area (Å²) in [5, 5.41) is 0. The monoisotopic (exact) mass is 169 g/mol. The summed E-state index contributed by atoms with van der Waals surface area (Å²) in [5.41, 5.74) is 6.16. The maximum absolute atomic E-state index is 10.4. The highest BCUT2D eigenvalue weighted by atomic mass is 19.0. The van der Waals surface area contributed by atoms with Gasteiger partial charge in [0, 0.05) is 6.42 Å². The molecule has 0 saturated carbocycles. The molecule has 1 rings (SSSR count). The van der Waals surface area contributed by atoms with E-state index in [1.807, 2.05) is 30.3 Å². The fourth-order valence-electron chi connectivity index (χ4n) is 0.912. The third kappa shape index (κ3) is 3.71. The lowest BCUT2D eigenvalue weighted by atomic mass is 10.1. The average Bonchev–Trinajstić information content (AvgIpc) is 2.03. The van der Waals surface area contributed by atoms with Gasteiger partial charge < -0.3 is 5.73 Å². The molecule has 0 fully saturated rings. The van der Waals surface area contributed by atoms with E-state index in [1.54, 1.807) is 0 Å². The van der Waals surface area contributed by atoms with Crippen LogP contribution in [-0.2, 0) is 11.2 Å². The highest BCUT2D eigenvalue weighted by molar-refractivity contribution is 5.73. The Morgan fingerprint density at radius 3 is 2.33 bits per heavy atom. The molecule has 1 amide bonds. The van der Waals surface area contributed by atoms with Gasteiger partial charge in [-0.2, -0.15) is 0 Å². The predicted octanol–water partition coefficient (Wildman–Crippen LogP) is 1.26. The van der Waals surface area contributed by atoms with Crippen molar-refractivity contribution < 1.29 is 9.50 Å². The Balaban J connectivity index is 0.00000121. The third-order valence-corrected chi connectivity index (χ3v) is 1.50. The molecule has 12 heavy (non-hydrogen) atoms. The van der Waals surface area contributed by atoms with Crippen molar-refractivity contribution in [3.8, 4) is 0 Å². The Labute approximate surface area is 70.8 Å². The van der Waals surface area contributed by atoms with E-state index in [0.717, 1.165) is 12.0 Å². The lowest BCUT2D eigenvalue weighted by molar-refractivity contribution is -0.117. The van der Waals surface area contributed by atoms with Crippen LogP contribution in [-0.4, -0.2) is 5.91 Å². The molecule has 66 valence electrons. The minimum absolute atomic E-state index is 0. The fourth-order valence-corrected chi connectivity index (χ4v) is 0.912. The van der Waals surface area contributed by atoms with Crippen LogP contribution in [0.1, 0.15) is 12.0 Å². The normalized spacial score (nSPS) is 8.67. The van der Waals surface area contributed by atoms with Crippen LogP contribution in [0.3, 0.4) is 0 Å². The number of hydrogen-bond acceptors (Lipinski definition) is 1. The predicted molar refractivity (Wildman–Crippen MR) is 46.5 cm³/mol. The molecule has 0 aromatic heterocycles. The van der Waals surface area contributed by atoms with E-state index in [1.165, 1.54) is 0 Å². The Morgan fingerprint density at radius 2 is 1.83 bits per heavy atom. The van der Waals surface area contributed by atoms with Crippen molar-refractivity contribution in [1.29, 1.82) is 0 Å². The quantitative estimate of drug-likeness (QED) is 0.727. The number of amides is 1. The van der Waals surface area contributed by atoms with Crippen molar-refractivity contribution in [2.75, 3.05) is 0 Å². The number of carbonyl (C=O) groups is 1. The molecule has 0 unspecified atom stereocenters. The number of aryl methyl sites for hydroxylation is 1. The van der Waals surface area contributed by atoms with Gasteiger partial charge in [-0.05, 0) is 12.0 Å². The molecule has 0 bridgehead atoms. The van der Waals surface area contributed by atoms with Gasteiger partial charge in [-0.3, -0.25) is 9.50 Å². The first kappa shape index (κ1) is 10.6. The van der Waals surface area contributed by atoms with Crippen molar-refractivity contribution in [1.82, 2.24) is 0 Å². The molecule has 2 N–H and O–H groups in total. The van der Waals surface area contributed by atoms with E-state index in [9.17, 15) is 4.79 Å². The van der Waals surface area contributed by atoms with Crippen LogP contribution < -0.4 is 5.73 Å². The maximum atomic E-state index is 10.4. The first-order valence-electron chi connectivity index (χ1n) is 3.61. The summed E-state index contributed by atoms with van der Waals surface area (Å²) in [6.07, 6.45) is 1.18. The lowest BCUT2D eigenvalue weighted by Crippen LogP contribution is -2.10. The smallest absolute Gasteiger partial charge is 0.217 e. The first-order valence-corrected chi connectivity index (χ1v) is 3.61. The van der Waals surface area contributed by atoms with E-state index in [4.69, 9.17) is 5.73 Å². The van der Waals surface area contributed by atoms with Crippen molar-refractivity contribution >= 4 is 5.91 Å². The minimum atomic E-state index is -0.242. The fraction of sp³-hybridized carbons (Fsp3) is 0.222. The van der Waals surface area contributed by atoms with Gasteiger partial charge >= 0.3 is 0 Å². The molecular formula is C9H12FNO. The molecule has 0 heterocycles. The second-order valence-corrected chi connectivity index (χ2v) is 2.45. The van der Waals surface area contributed by atoms with E-state index in [0.29, 0.717) is 6.42 Å². The molecule has 2 nitrogen and oxygen atoms in total. The topological polar surface area (TPSA) is 43.1 Å². The summed E-state index contributed by atoms with van der Waals surface area (Å²) >= 11 is 0. The number of rotatable bonds is 3. The molecule has 0 aliphatic heterocycles. The van der Waals surface area contributed by atoms with Gasteiger partial charge in [-0.25, -0.2) is 0 Å². The highest BCUT2D eigenvalue weighted by Gasteiger charge is 1.94. The van der Waals surface area contributed by atoms with Crippen LogP contribution in [0.5, 0.6) is 0 Å². The first-order chi connectivity index (χ1) is 5.29. The molecule has 1 aromatic rings. The number of carbonyl (C=O) groups excluding carboxylic acids is 1. The summed E-state index contributed by atoms with van der Waals surface area (Å²) in [6, 6.07) is 9.84. The number of primary amides is 1. The molecule has 0 radical (unpaired) electrons. The van der Waals surface area contributed by atoms with E-state index >= 15 is 0 Å². The third-order valence-electron chi connectivity index (χ3n) is 1.50. The number of nitrogens with two attached hydrogens (primary N) is 1. The minimum Gasteiger partial charge on any atom is -0.370 e. The highest BCUT2D eigenvalue weighted by Crippen LogP contribution is 2.00. The van der Waals surface area contributed by atoms with E-state index < -0.39 is 0 Å². The van der Waals surface area contributed by atoms with Gasteiger partial charge in [0.15, 0.2) is 0 Å². The van der Waals surface area contributed by atoms with Crippen LogP contribution in [0.15, 0.2) is 30.3 Å². The number of hydrogen-bond donors (Lipinski definition) is 1. The zero-order valence-corrected chi connectivity index (χ0v) is 6.69. The zero-order valence-electron chi connectivity index (χ0n) is 6.69. The zero-order chi connectivity index (χ0) is 8.10. The van der Waals surface area contributed by atoms with Crippen LogP contribution in [0.4, 0.5) is 4.70 Å². The van der Waals surface area contributed by atoms with Gasteiger partial charge in [-0.15, -0.1) is 0 Å². The molecule has 1 aromatic carbocycles. The number of benzene rings is 1. The van der Waals surface area contributed by atoms with Gasteiger partial charge in [0.25, 0.3) is 0 Å². The molecular weight excluding hydrogens is 157 g/mol. The Hall–Kier alpha value is -1.38. The van der Waals surface area contributed by atoms with Crippen molar-refractivity contribution in [3.05, 3.63) is 35.9 Å². The molecule has 0 aliphatic rings. The van der Waals surface area contributed by atoms with Gasteiger partial charge in [-0.1, -0.05) is 30.3 Å². The molecule has 0 saturated heterocycles. The Morgan fingerprint density at radius 1 is 1.25 bits per heavy atom. The maximum Gasteiger partial charge on any atom is 0.217 e. The summed E-state index contributed by atoms with van der Waals surface area (Å²) in [6.45, 7) is 0. The van der Waals surface area contributed by atoms with E-state index in [-0.39, 0.29) is 10.6 Å². The van der Waals surface area contributed by atoms with Crippen molar-refractivity contribution in [3.63, 3.8) is 0 Å². The number of halogens is 1. The molecule has 0 spiro atoms. The molecule has 3 heteroatoms. The largest absolute Gasteiger partial charge is 0.370 e.